The van der Waals surface area contributed by atoms with E-state index in [1.165, 1.54) is 0 Å². The van der Waals surface area contributed by atoms with Crippen molar-refractivity contribution in [2.24, 2.45) is 0 Å². The first-order chi connectivity index (χ1) is 7.83. The standard InChI is InChI=1S/C9H12F3N3O2/c1-2-5-7(13)14-6(15-8(5)16)3-17-4-9(10,11)12/h2-4H2,1H3,(H3,13,14,15,16). The second-order valence-corrected chi connectivity index (χ2v) is 3.34. The first-order valence-corrected chi connectivity index (χ1v) is 4.85. The highest BCUT2D eigenvalue weighted by Gasteiger charge is 2.27. The lowest BCUT2D eigenvalue weighted by molar-refractivity contribution is -0.177. The fourth-order valence-electron chi connectivity index (χ4n) is 1.24. The Bertz CT molecular complexity index is 442. The third-order valence-electron chi connectivity index (χ3n) is 1.95. The van der Waals surface area contributed by atoms with Crippen LogP contribution in [0, 0.1) is 0 Å². The molecule has 1 aromatic rings. The highest BCUT2D eigenvalue weighted by atomic mass is 19.4. The van der Waals surface area contributed by atoms with Gasteiger partial charge in [0.15, 0.2) is 0 Å². The molecule has 0 aliphatic carbocycles. The molecule has 0 spiro atoms. The van der Waals surface area contributed by atoms with Crippen molar-refractivity contribution in [2.45, 2.75) is 26.1 Å². The maximum Gasteiger partial charge on any atom is 0.411 e. The number of alkyl halides is 3. The lowest BCUT2D eigenvalue weighted by Gasteiger charge is -2.08. The number of rotatable bonds is 4. The molecule has 0 atom stereocenters. The van der Waals surface area contributed by atoms with Crippen molar-refractivity contribution < 1.29 is 17.9 Å². The second kappa shape index (κ2) is 5.17. The van der Waals surface area contributed by atoms with Crippen LogP contribution in [0.2, 0.25) is 0 Å². The lowest BCUT2D eigenvalue weighted by Crippen LogP contribution is -2.21. The van der Waals surface area contributed by atoms with Gasteiger partial charge < -0.3 is 15.5 Å². The predicted molar refractivity (Wildman–Crippen MR) is 54.4 cm³/mol. The molecule has 0 aromatic carbocycles. The first kappa shape index (κ1) is 13.5. The summed E-state index contributed by atoms with van der Waals surface area (Å²) in [6.45, 7) is -0.114. The normalized spacial score (nSPS) is 11.8. The third-order valence-corrected chi connectivity index (χ3v) is 1.95. The average molecular weight is 251 g/mol. The number of hydrogen-bond donors (Lipinski definition) is 2. The van der Waals surface area contributed by atoms with Crippen LogP contribution in [0.5, 0.6) is 0 Å². The van der Waals surface area contributed by atoms with Crippen LogP contribution in [-0.4, -0.2) is 22.8 Å². The average Bonchev–Trinajstić information content (AvgIpc) is 2.15. The first-order valence-electron chi connectivity index (χ1n) is 4.85. The van der Waals surface area contributed by atoms with Crippen LogP contribution in [-0.2, 0) is 17.8 Å². The molecule has 17 heavy (non-hydrogen) atoms. The zero-order valence-corrected chi connectivity index (χ0v) is 9.10. The van der Waals surface area contributed by atoms with Crippen molar-refractivity contribution in [3.63, 3.8) is 0 Å². The summed E-state index contributed by atoms with van der Waals surface area (Å²) in [6.07, 6.45) is -4.01. The number of aromatic nitrogens is 2. The minimum atomic E-state index is -4.41. The van der Waals surface area contributed by atoms with Gasteiger partial charge in [-0.2, -0.15) is 13.2 Å². The summed E-state index contributed by atoms with van der Waals surface area (Å²) in [6, 6.07) is 0. The molecule has 1 heterocycles. The molecule has 0 bridgehead atoms. The zero-order chi connectivity index (χ0) is 13.1. The number of nitrogen functional groups attached to an aromatic ring is 1. The summed E-state index contributed by atoms with van der Waals surface area (Å²) < 4.78 is 39.7. The molecule has 0 fully saturated rings. The van der Waals surface area contributed by atoms with Crippen molar-refractivity contribution in [1.82, 2.24) is 9.97 Å². The van der Waals surface area contributed by atoms with Crippen LogP contribution in [0.15, 0.2) is 4.79 Å². The van der Waals surface area contributed by atoms with Crippen LogP contribution >= 0.6 is 0 Å². The van der Waals surface area contributed by atoms with E-state index in [1.807, 2.05) is 0 Å². The lowest BCUT2D eigenvalue weighted by atomic mass is 10.2. The van der Waals surface area contributed by atoms with Gasteiger partial charge in [-0.1, -0.05) is 6.92 Å². The van der Waals surface area contributed by atoms with Crippen molar-refractivity contribution in [3.8, 4) is 0 Å². The Morgan fingerprint density at radius 2 is 2.12 bits per heavy atom. The van der Waals surface area contributed by atoms with Crippen LogP contribution in [0.25, 0.3) is 0 Å². The summed E-state index contributed by atoms with van der Waals surface area (Å²) in [5.74, 6) is -0.00388. The van der Waals surface area contributed by atoms with E-state index >= 15 is 0 Å². The van der Waals surface area contributed by atoms with Gasteiger partial charge in [-0.05, 0) is 6.42 Å². The molecule has 0 saturated heterocycles. The number of ether oxygens (including phenoxy) is 1. The summed E-state index contributed by atoms with van der Waals surface area (Å²) >= 11 is 0. The number of nitrogens with one attached hydrogen (secondary N) is 1. The minimum absolute atomic E-state index is 0.0156. The highest BCUT2D eigenvalue weighted by molar-refractivity contribution is 5.37. The van der Waals surface area contributed by atoms with E-state index < -0.39 is 24.9 Å². The van der Waals surface area contributed by atoms with Crippen LogP contribution < -0.4 is 11.3 Å². The Morgan fingerprint density at radius 3 is 2.59 bits per heavy atom. The number of H-pyrrole nitrogens is 1. The van der Waals surface area contributed by atoms with Crippen LogP contribution in [0.4, 0.5) is 19.0 Å². The van der Waals surface area contributed by atoms with Crippen LogP contribution in [0.3, 0.4) is 0 Å². The molecular formula is C9H12F3N3O2. The summed E-state index contributed by atoms with van der Waals surface area (Å²) in [5, 5.41) is 0. The van der Waals surface area contributed by atoms with E-state index in [0.717, 1.165) is 0 Å². The Hall–Kier alpha value is -1.57. The van der Waals surface area contributed by atoms with Gasteiger partial charge in [0, 0.05) is 0 Å². The number of anilines is 1. The van der Waals surface area contributed by atoms with Gasteiger partial charge in [0.05, 0.1) is 5.56 Å². The number of hydrogen-bond acceptors (Lipinski definition) is 4. The Labute approximate surface area is 94.8 Å². The number of aromatic amines is 1. The monoisotopic (exact) mass is 251 g/mol. The molecule has 0 aliphatic heterocycles. The quantitative estimate of drug-likeness (QED) is 0.836. The fraction of sp³-hybridized carbons (Fsp3) is 0.556. The van der Waals surface area contributed by atoms with Crippen molar-refractivity contribution >= 4 is 5.82 Å². The minimum Gasteiger partial charge on any atom is -0.383 e. The third kappa shape index (κ3) is 4.06. The Morgan fingerprint density at radius 1 is 1.47 bits per heavy atom. The molecule has 5 nitrogen and oxygen atoms in total. The Balaban J connectivity index is 2.71. The number of nitrogens with two attached hydrogens (primary N) is 1. The molecule has 0 saturated carbocycles. The van der Waals surface area contributed by atoms with E-state index in [2.05, 4.69) is 14.7 Å². The maximum atomic E-state index is 11.8. The SMILES string of the molecule is CCc1c(N)nc(COCC(F)(F)F)[nH]c1=O. The molecule has 0 unspecified atom stereocenters. The molecule has 0 aliphatic rings. The molecular weight excluding hydrogens is 239 g/mol. The van der Waals surface area contributed by atoms with E-state index in [4.69, 9.17) is 5.73 Å². The van der Waals surface area contributed by atoms with Gasteiger partial charge in [0.25, 0.3) is 5.56 Å². The molecule has 0 radical (unpaired) electrons. The maximum absolute atomic E-state index is 11.8. The molecule has 1 rings (SSSR count). The van der Waals surface area contributed by atoms with E-state index in [1.54, 1.807) is 6.92 Å². The smallest absolute Gasteiger partial charge is 0.383 e. The second-order valence-electron chi connectivity index (χ2n) is 3.34. The van der Waals surface area contributed by atoms with Gasteiger partial charge in [-0.25, -0.2) is 4.98 Å². The van der Waals surface area contributed by atoms with Crippen LogP contribution in [0.1, 0.15) is 18.3 Å². The predicted octanol–water partition coefficient (Wildman–Crippen LogP) is 0.993. The molecule has 0 amide bonds. The summed E-state index contributed by atoms with van der Waals surface area (Å²) in [7, 11) is 0. The van der Waals surface area contributed by atoms with E-state index in [-0.39, 0.29) is 11.6 Å². The number of nitrogens with zero attached hydrogens (tertiary/aromatic N) is 1. The van der Waals surface area contributed by atoms with Crippen molar-refractivity contribution in [2.75, 3.05) is 12.3 Å². The summed E-state index contributed by atoms with van der Waals surface area (Å²) in [4.78, 5) is 17.5. The molecule has 96 valence electrons. The molecule has 1 aromatic heterocycles. The van der Waals surface area contributed by atoms with Gasteiger partial charge in [-0.15, -0.1) is 0 Å². The van der Waals surface area contributed by atoms with Crippen molar-refractivity contribution in [1.29, 1.82) is 0 Å². The van der Waals surface area contributed by atoms with Gasteiger partial charge in [0.2, 0.25) is 0 Å². The van der Waals surface area contributed by atoms with Crippen molar-refractivity contribution in [3.05, 3.63) is 21.7 Å². The van der Waals surface area contributed by atoms with Gasteiger partial charge in [0.1, 0.15) is 24.9 Å². The zero-order valence-electron chi connectivity index (χ0n) is 9.10. The van der Waals surface area contributed by atoms with E-state index in [9.17, 15) is 18.0 Å². The molecule has 3 N–H and O–H groups in total. The van der Waals surface area contributed by atoms with Gasteiger partial charge in [-0.3, -0.25) is 4.79 Å². The fourth-order valence-corrected chi connectivity index (χ4v) is 1.24. The topological polar surface area (TPSA) is 81.0 Å². The molecule has 8 heteroatoms. The largest absolute Gasteiger partial charge is 0.411 e. The highest BCUT2D eigenvalue weighted by Crippen LogP contribution is 2.15. The number of halogens is 3. The van der Waals surface area contributed by atoms with Gasteiger partial charge >= 0.3 is 6.18 Å². The summed E-state index contributed by atoms with van der Waals surface area (Å²) in [5.41, 5.74) is 5.34. The van der Waals surface area contributed by atoms with E-state index in [0.29, 0.717) is 12.0 Å². The Kier molecular flexibility index (Phi) is 4.11.